The molecule has 5 aromatic rings. The number of carbonyl (C=O) groups is 1. The molecule has 0 aliphatic heterocycles. The SMILES string of the molecule is Cc1ccc(-n2c(SCC(=O)Nc3cccc(Oc4ccccc4)c3)nnc2-c2ccccc2)cc1. The van der Waals surface area contributed by atoms with Gasteiger partial charge in [0, 0.05) is 23.0 Å². The lowest BCUT2D eigenvalue weighted by molar-refractivity contribution is -0.113. The van der Waals surface area contributed by atoms with Gasteiger partial charge in [-0.3, -0.25) is 9.36 Å². The Morgan fingerprint density at radius 2 is 1.53 bits per heavy atom. The molecule has 36 heavy (non-hydrogen) atoms. The van der Waals surface area contributed by atoms with Crippen LogP contribution in [0.5, 0.6) is 11.5 Å². The fourth-order valence-electron chi connectivity index (χ4n) is 3.65. The number of nitrogens with one attached hydrogen (secondary N) is 1. The van der Waals surface area contributed by atoms with Crippen LogP contribution in [0.25, 0.3) is 17.1 Å². The number of hydrogen-bond acceptors (Lipinski definition) is 5. The molecule has 0 aliphatic rings. The highest BCUT2D eigenvalue weighted by Gasteiger charge is 2.17. The van der Waals surface area contributed by atoms with Crippen LogP contribution >= 0.6 is 11.8 Å². The number of aryl methyl sites for hydroxylation is 1. The average molecular weight is 493 g/mol. The van der Waals surface area contributed by atoms with Crippen molar-refractivity contribution in [2.75, 3.05) is 11.1 Å². The van der Waals surface area contributed by atoms with E-state index in [1.54, 1.807) is 6.07 Å². The van der Waals surface area contributed by atoms with E-state index in [1.807, 2.05) is 102 Å². The Morgan fingerprint density at radius 3 is 2.28 bits per heavy atom. The molecule has 0 radical (unpaired) electrons. The summed E-state index contributed by atoms with van der Waals surface area (Å²) in [6, 6.07) is 35.0. The standard InChI is InChI=1S/C29H24N4O2S/c1-21-15-17-24(18-16-21)33-28(22-9-4-2-5-10-22)31-32-29(33)36-20-27(34)30-23-11-8-14-26(19-23)35-25-12-6-3-7-13-25/h2-19H,20H2,1H3,(H,30,34). The summed E-state index contributed by atoms with van der Waals surface area (Å²) in [5.74, 6) is 2.16. The highest BCUT2D eigenvalue weighted by Crippen LogP contribution is 2.29. The van der Waals surface area contributed by atoms with E-state index in [0.717, 1.165) is 22.8 Å². The highest BCUT2D eigenvalue weighted by molar-refractivity contribution is 7.99. The van der Waals surface area contributed by atoms with E-state index in [4.69, 9.17) is 4.74 Å². The summed E-state index contributed by atoms with van der Waals surface area (Å²) < 4.78 is 7.86. The van der Waals surface area contributed by atoms with Crippen LogP contribution in [0.1, 0.15) is 5.56 Å². The number of amides is 1. The molecule has 0 unspecified atom stereocenters. The van der Waals surface area contributed by atoms with Crippen molar-refractivity contribution in [2.24, 2.45) is 0 Å². The third kappa shape index (κ3) is 5.64. The van der Waals surface area contributed by atoms with Crippen molar-refractivity contribution in [1.29, 1.82) is 0 Å². The largest absolute Gasteiger partial charge is 0.457 e. The van der Waals surface area contributed by atoms with E-state index < -0.39 is 0 Å². The van der Waals surface area contributed by atoms with Gasteiger partial charge in [-0.05, 0) is 43.3 Å². The van der Waals surface area contributed by atoms with Crippen molar-refractivity contribution in [2.45, 2.75) is 12.1 Å². The zero-order chi connectivity index (χ0) is 24.7. The van der Waals surface area contributed by atoms with Gasteiger partial charge in [0.05, 0.1) is 5.75 Å². The molecule has 0 fully saturated rings. The lowest BCUT2D eigenvalue weighted by atomic mass is 10.2. The predicted octanol–water partition coefficient (Wildman–Crippen LogP) is 6.77. The van der Waals surface area contributed by atoms with Gasteiger partial charge in [-0.1, -0.05) is 84.1 Å². The van der Waals surface area contributed by atoms with Crippen molar-refractivity contribution < 1.29 is 9.53 Å². The molecule has 1 heterocycles. The first-order valence-corrected chi connectivity index (χ1v) is 12.5. The molecule has 1 aromatic heterocycles. The van der Waals surface area contributed by atoms with Crippen LogP contribution in [-0.2, 0) is 4.79 Å². The molecule has 0 aliphatic carbocycles. The van der Waals surface area contributed by atoms with Crippen molar-refractivity contribution in [1.82, 2.24) is 14.8 Å². The number of anilines is 1. The molecule has 0 saturated heterocycles. The maximum atomic E-state index is 12.8. The maximum absolute atomic E-state index is 12.8. The lowest BCUT2D eigenvalue weighted by Gasteiger charge is -2.11. The van der Waals surface area contributed by atoms with E-state index in [9.17, 15) is 4.79 Å². The number of para-hydroxylation sites is 1. The van der Waals surface area contributed by atoms with Crippen LogP contribution in [-0.4, -0.2) is 26.4 Å². The van der Waals surface area contributed by atoms with Gasteiger partial charge in [-0.15, -0.1) is 10.2 Å². The number of thioether (sulfide) groups is 1. The highest BCUT2D eigenvalue weighted by atomic mass is 32.2. The molecule has 5 rings (SSSR count). The van der Waals surface area contributed by atoms with Gasteiger partial charge in [0.15, 0.2) is 11.0 Å². The van der Waals surface area contributed by atoms with Crippen molar-refractivity contribution in [3.8, 4) is 28.6 Å². The van der Waals surface area contributed by atoms with Crippen LogP contribution in [0.2, 0.25) is 0 Å². The Morgan fingerprint density at radius 1 is 0.833 bits per heavy atom. The minimum absolute atomic E-state index is 0.142. The molecule has 6 nitrogen and oxygen atoms in total. The van der Waals surface area contributed by atoms with E-state index in [2.05, 4.69) is 27.6 Å². The Bertz CT molecular complexity index is 1450. The van der Waals surface area contributed by atoms with E-state index in [1.165, 1.54) is 17.3 Å². The topological polar surface area (TPSA) is 69.0 Å². The molecular formula is C29H24N4O2S. The van der Waals surface area contributed by atoms with Gasteiger partial charge in [0.1, 0.15) is 11.5 Å². The quantitative estimate of drug-likeness (QED) is 0.242. The smallest absolute Gasteiger partial charge is 0.234 e. The third-order valence-corrected chi connectivity index (χ3v) is 6.32. The van der Waals surface area contributed by atoms with Crippen LogP contribution in [0.15, 0.2) is 114 Å². The van der Waals surface area contributed by atoms with Crippen LogP contribution in [0.3, 0.4) is 0 Å². The maximum Gasteiger partial charge on any atom is 0.234 e. The second-order valence-corrected chi connectivity index (χ2v) is 9.07. The number of rotatable bonds is 8. The first-order chi connectivity index (χ1) is 17.7. The molecule has 0 bridgehead atoms. The summed E-state index contributed by atoms with van der Waals surface area (Å²) in [5, 5.41) is 12.4. The van der Waals surface area contributed by atoms with Gasteiger partial charge in [-0.25, -0.2) is 0 Å². The van der Waals surface area contributed by atoms with E-state index in [0.29, 0.717) is 16.6 Å². The van der Waals surface area contributed by atoms with Crippen molar-refractivity contribution in [3.63, 3.8) is 0 Å². The zero-order valence-electron chi connectivity index (χ0n) is 19.7. The van der Waals surface area contributed by atoms with Gasteiger partial charge >= 0.3 is 0 Å². The summed E-state index contributed by atoms with van der Waals surface area (Å²) in [4.78, 5) is 12.8. The molecule has 178 valence electrons. The fourth-order valence-corrected chi connectivity index (χ4v) is 4.41. The molecule has 1 N–H and O–H groups in total. The van der Waals surface area contributed by atoms with E-state index >= 15 is 0 Å². The number of hydrogen-bond donors (Lipinski definition) is 1. The summed E-state index contributed by atoms with van der Waals surface area (Å²) in [7, 11) is 0. The van der Waals surface area contributed by atoms with Crippen LogP contribution in [0.4, 0.5) is 5.69 Å². The number of carbonyl (C=O) groups excluding carboxylic acids is 1. The van der Waals surface area contributed by atoms with Gasteiger partial charge < -0.3 is 10.1 Å². The van der Waals surface area contributed by atoms with Crippen LogP contribution in [0, 0.1) is 6.92 Å². The van der Waals surface area contributed by atoms with Crippen molar-refractivity contribution >= 4 is 23.4 Å². The zero-order valence-corrected chi connectivity index (χ0v) is 20.5. The van der Waals surface area contributed by atoms with Crippen molar-refractivity contribution in [3.05, 3.63) is 115 Å². The monoisotopic (exact) mass is 492 g/mol. The Labute approximate surface area is 214 Å². The summed E-state index contributed by atoms with van der Waals surface area (Å²) in [6.45, 7) is 2.05. The lowest BCUT2D eigenvalue weighted by Crippen LogP contribution is -2.14. The number of nitrogens with zero attached hydrogens (tertiary/aromatic N) is 3. The average Bonchev–Trinajstić information content (AvgIpc) is 3.33. The molecule has 7 heteroatoms. The second-order valence-electron chi connectivity index (χ2n) is 8.12. The molecule has 1 amide bonds. The first-order valence-electron chi connectivity index (χ1n) is 11.5. The molecule has 0 saturated carbocycles. The van der Waals surface area contributed by atoms with E-state index in [-0.39, 0.29) is 11.7 Å². The molecular weight excluding hydrogens is 468 g/mol. The minimum Gasteiger partial charge on any atom is -0.457 e. The Kier molecular flexibility index (Phi) is 7.10. The Hall–Kier alpha value is -4.36. The second kappa shape index (κ2) is 10.9. The third-order valence-electron chi connectivity index (χ3n) is 5.39. The predicted molar refractivity (Wildman–Crippen MR) is 144 cm³/mol. The van der Waals surface area contributed by atoms with Gasteiger partial charge in [0.25, 0.3) is 0 Å². The summed E-state index contributed by atoms with van der Waals surface area (Å²) >= 11 is 1.34. The normalized spacial score (nSPS) is 10.7. The summed E-state index contributed by atoms with van der Waals surface area (Å²) in [6.07, 6.45) is 0. The molecule has 4 aromatic carbocycles. The molecule has 0 atom stereocenters. The number of benzene rings is 4. The number of aromatic nitrogens is 3. The van der Waals surface area contributed by atoms with Gasteiger partial charge in [-0.2, -0.15) is 0 Å². The van der Waals surface area contributed by atoms with Gasteiger partial charge in [0.2, 0.25) is 5.91 Å². The minimum atomic E-state index is -0.142. The molecule has 0 spiro atoms. The fraction of sp³-hybridized carbons (Fsp3) is 0.0690. The first kappa shape index (κ1) is 23.4. The Balaban J connectivity index is 1.31. The summed E-state index contributed by atoms with van der Waals surface area (Å²) in [5.41, 5.74) is 3.73. The number of ether oxygens (including phenoxy) is 1. The van der Waals surface area contributed by atoms with Crippen LogP contribution < -0.4 is 10.1 Å².